The van der Waals surface area contributed by atoms with Crippen molar-refractivity contribution in [1.29, 1.82) is 0 Å². The minimum Gasteiger partial charge on any atom is -0.328 e. The molecule has 1 aromatic carbocycles. The number of nitrogens with two attached hydrogens (primary N) is 1. The Labute approximate surface area is 93.5 Å². The second kappa shape index (κ2) is 11.2. The van der Waals surface area contributed by atoms with E-state index >= 15 is 0 Å². The van der Waals surface area contributed by atoms with Gasteiger partial charge in [-0.25, -0.2) is 4.39 Å². The van der Waals surface area contributed by atoms with Crippen molar-refractivity contribution in [1.82, 2.24) is 0 Å². The van der Waals surface area contributed by atoms with E-state index < -0.39 is 0 Å². The molecule has 0 spiro atoms. The van der Waals surface area contributed by atoms with Crippen LogP contribution in [0, 0.1) is 5.82 Å². The van der Waals surface area contributed by atoms with Gasteiger partial charge in [0.15, 0.2) is 0 Å². The van der Waals surface area contributed by atoms with Crippen LogP contribution in [0.3, 0.4) is 0 Å². The Hall–Kier alpha value is -0.890. The largest absolute Gasteiger partial charge is 0.328 e. The second-order valence-electron chi connectivity index (χ2n) is 2.81. The van der Waals surface area contributed by atoms with Gasteiger partial charge in [-0.15, -0.1) is 0 Å². The lowest BCUT2D eigenvalue weighted by molar-refractivity contribution is 0.626. The second-order valence-corrected chi connectivity index (χ2v) is 2.81. The standard InChI is InChI=1S/C9H12FN.2C2H6/c1-7(11)6-8-2-4-9(10)5-3-8;2*1-2/h2-5,7H,6,11H2,1H3;2*1-2H3. The first-order chi connectivity index (χ1) is 7.18. The minimum absolute atomic E-state index is 0.139. The Morgan fingerprint density at radius 1 is 1.07 bits per heavy atom. The smallest absolute Gasteiger partial charge is 0.123 e. The van der Waals surface area contributed by atoms with E-state index in [9.17, 15) is 4.39 Å². The molecule has 0 aliphatic heterocycles. The average molecular weight is 213 g/mol. The van der Waals surface area contributed by atoms with Crippen molar-refractivity contribution in [2.24, 2.45) is 5.73 Å². The van der Waals surface area contributed by atoms with Crippen molar-refractivity contribution in [3.05, 3.63) is 35.6 Å². The predicted octanol–water partition coefficient (Wildman–Crippen LogP) is 3.77. The molecule has 1 unspecified atom stereocenters. The van der Waals surface area contributed by atoms with E-state index in [0.29, 0.717) is 0 Å². The predicted molar refractivity (Wildman–Crippen MR) is 66.4 cm³/mol. The fraction of sp³-hybridized carbons (Fsp3) is 0.538. The van der Waals surface area contributed by atoms with E-state index in [1.807, 2.05) is 34.6 Å². The molecule has 15 heavy (non-hydrogen) atoms. The van der Waals surface area contributed by atoms with Gasteiger partial charge in [-0.3, -0.25) is 0 Å². The van der Waals surface area contributed by atoms with Crippen LogP contribution in [0.4, 0.5) is 4.39 Å². The zero-order chi connectivity index (χ0) is 12.3. The molecule has 0 aliphatic rings. The summed E-state index contributed by atoms with van der Waals surface area (Å²) in [4.78, 5) is 0. The lowest BCUT2D eigenvalue weighted by Gasteiger charge is -2.03. The summed E-state index contributed by atoms with van der Waals surface area (Å²) in [5.74, 6) is -0.196. The Balaban J connectivity index is 0. The minimum atomic E-state index is -0.196. The molecule has 0 aromatic heterocycles. The Bertz CT molecular complexity index is 216. The van der Waals surface area contributed by atoms with Gasteiger partial charge in [0.2, 0.25) is 0 Å². The topological polar surface area (TPSA) is 26.0 Å². The van der Waals surface area contributed by atoms with E-state index in [-0.39, 0.29) is 11.9 Å². The maximum Gasteiger partial charge on any atom is 0.123 e. The summed E-state index contributed by atoms with van der Waals surface area (Å²) in [5, 5.41) is 0. The first kappa shape index (κ1) is 16.5. The Morgan fingerprint density at radius 3 is 1.80 bits per heavy atom. The van der Waals surface area contributed by atoms with Crippen LogP contribution in [0.5, 0.6) is 0 Å². The van der Waals surface area contributed by atoms with Gasteiger partial charge in [-0.05, 0) is 31.0 Å². The molecule has 1 rings (SSSR count). The summed E-state index contributed by atoms with van der Waals surface area (Å²) in [5.41, 5.74) is 6.65. The lowest BCUT2D eigenvalue weighted by atomic mass is 10.1. The van der Waals surface area contributed by atoms with Crippen molar-refractivity contribution in [3.63, 3.8) is 0 Å². The highest BCUT2D eigenvalue weighted by molar-refractivity contribution is 5.16. The van der Waals surface area contributed by atoms with Gasteiger partial charge in [0.05, 0.1) is 0 Å². The van der Waals surface area contributed by atoms with Crippen LogP contribution in [0.25, 0.3) is 0 Å². The van der Waals surface area contributed by atoms with Gasteiger partial charge >= 0.3 is 0 Å². The van der Waals surface area contributed by atoms with Crippen molar-refractivity contribution in [2.75, 3.05) is 0 Å². The SMILES string of the molecule is CC.CC.CC(N)Cc1ccc(F)cc1. The Kier molecular flexibility index (Phi) is 12.3. The van der Waals surface area contributed by atoms with Crippen molar-refractivity contribution >= 4 is 0 Å². The monoisotopic (exact) mass is 213 g/mol. The van der Waals surface area contributed by atoms with Gasteiger partial charge < -0.3 is 5.73 Å². The summed E-state index contributed by atoms with van der Waals surface area (Å²) in [7, 11) is 0. The van der Waals surface area contributed by atoms with Crippen LogP contribution in [-0.4, -0.2) is 6.04 Å². The number of rotatable bonds is 2. The molecule has 88 valence electrons. The molecule has 0 saturated heterocycles. The third-order valence-electron chi connectivity index (χ3n) is 1.47. The van der Waals surface area contributed by atoms with Gasteiger partial charge in [0.25, 0.3) is 0 Å². The molecule has 0 heterocycles. The fourth-order valence-electron chi connectivity index (χ4n) is 0.992. The first-order valence-electron chi connectivity index (χ1n) is 5.68. The summed E-state index contributed by atoms with van der Waals surface area (Å²) < 4.78 is 12.4. The van der Waals surface area contributed by atoms with Crippen LogP contribution < -0.4 is 5.73 Å². The summed E-state index contributed by atoms with van der Waals surface area (Å²) in [6.07, 6.45) is 0.806. The molecule has 1 aromatic rings. The molecule has 1 nitrogen and oxygen atoms in total. The average Bonchev–Trinajstić information content (AvgIpc) is 2.27. The molecule has 1 atom stereocenters. The third kappa shape index (κ3) is 9.42. The number of halogens is 1. The van der Waals surface area contributed by atoms with Crippen molar-refractivity contribution in [3.8, 4) is 0 Å². The van der Waals surface area contributed by atoms with Gasteiger partial charge in [0.1, 0.15) is 5.82 Å². The summed E-state index contributed by atoms with van der Waals surface area (Å²) in [6, 6.07) is 6.58. The van der Waals surface area contributed by atoms with Gasteiger partial charge in [0, 0.05) is 6.04 Å². The maximum atomic E-state index is 12.4. The van der Waals surface area contributed by atoms with Crippen molar-refractivity contribution < 1.29 is 4.39 Å². The molecule has 0 radical (unpaired) electrons. The zero-order valence-electron chi connectivity index (χ0n) is 10.5. The van der Waals surface area contributed by atoms with Crippen LogP contribution in [0.1, 0.15) is 40.2 Å². The zero-order valence-corrected chi connectivity index (χ0v) is 10.5. The molecule has 0 amide bonds. The number of hydrogen-bond acceptors (Lipinski definition) is 1. The van der Waals surface area contributed by atoms with Crippen molar-refractivity contribution in [2.45, 2.75) is 47.1 Å². The highest BCUT2D eigenvalue weighted by Gasteiger charge is 1.96. The fourth-order valence-corrected chi connectivity index (χ4v) is 0.992. The molecular formula is C13H24FN. The molecule has 2 heteroatoms. The van der Waals surface area contributed by atoms with Gasteiger partial charge in [-0.2, -0.15) is 0 Å². The number of benzene rings is 1. The van der Waals surface area contributed by atoms with E-state index in [1.54, 1.807) is 12.1 Å². The lowest BCUT2D eigenvalue weighted by Crippen LogP contribution is -2.17. The third-order valence-corrected chi connectivity index (χ3v) is 1.47. The molecule has 0 aliphatic carbocycles. The van der Waals surface area contributed by atoms with Crippen LogP contribution in [-0.2, 0) is 6.42 Å². The van der Waals surface area contributed by atoms with E-state index in [2.05, 4.69) is 0 Å². The highest BCUT2D eigenvalue weighted by atomic mass is 19.1. The molecule has 0 saturated carbocycles. The molecule has 2 N–H and O–H groups in total. The van der Waals surface area contributed by atoms with E-state index in [4.69, 9.17) is 5.73 Å². The molecule has 0 bridgehead atoms. The summed E-state index contributed by atoms with van der Waals surface area (Å²) >= 11 is 0. The van der Waals surface area contributed by atoms with Crippen LogP contribution >= 0.6 is 0 Å². The molecular weight excluding hydrogens is 189 g/mol. The van der Waals surface area contributed by atoms with E-state index in [1.165, 1.54) is 12.1 Å². The first-order valence-corrected chi connectivity index (χ1v) is 5.68. The quantitative estimate of drug-likeness (QED) is 0.795. The van der Waals surface area contributed by atoms with Crippen LogP contribution in [0.2, 0.25) is 0 Å². The molecule has 0 fully saturated rings. The van der Waals surface area contributed by atoms with Crippen LogP contribution in [0.15, 0.2) is 24.3 Å². The highest BCUT2D eigenvalue weighted by Crippen LogP contribution is 2.04. The van der Waals surface area contributed by atoms with E-state index in [0.717, 1.165) is 12.0 Å². The summed E-state index contributed by atoms with van der Waals surface area (Å²) in [6.45, 7) is 9.93. The normalized spacial score (nSPS) is 10.3. The number of hydrogen-bond donors (Lipinski definition) is 1. The Morgan fingerprint density at radius 2 is 1.47 bits per heavy atom. The van der Waals surface area contributed by atoms with Gasteiger partial charge in [-0.1, -0.05) is 39.8 Å². The maximum absolute atomic E-state index is 12.4.